The van der Waals surface area contributed by atoms with Gasteiger partial charge in [-0.2, -0.15) is 5.10 Å². The van der Waals surface area contributed by atoms with Crippen molar-refractivity contribution < 1.29 is 0 Å². The van der Waals surface area contributed by atoms with E-state index in [1.807, 2.05) is 23.7 Å². The van der Waals surface area contributed by atoms with E-state index < -0.39 is 0 Å². The maximum atomic E-state index is 6.33. The molecule has 102 valence electrons. The molecule has 0 amide bonds. The van der Waals surface area contributed by atoms with Crippen molar-refractivity contribution in [3.63, 3.8) is 0 Å². The zero-order valence-corrected chi connectivity index (χ0v) is 12.5. The Hall–Kier alpha value is -1.03. The summed E-state index contributed by atoms with van der Waals surface area (Å²) in [6, 6.07) is 7.05. The quantitative estimate of drug-likeness (QED) is 0.932. The summed E-state index contributed by atoms with van der Waals surface area (Å²) >= 11 is 12.2. The van der Waals surface area contributed by atoms with Gasteiger partial charge in [-0.3, -0.25) is 4.68 Å². The summed E-state index contributed by atoms with van der Waals surface area (Å²) in [5, 5.41) is 5.76. The van der Waals surface area contributed by atoms with E-state index in [4.69, 9.17) is 28.9 Å². The Morgan fingerprint density at radius 1 is 1.26 bits per heavy atom. The molecule has 0 spiro atoms. The Morgan fingerprint density at radius 2 is 2.00 bits per heavy atom. The van der Waals surface area contributed by atoms with E-state index in [0.717, 1.165) is 29.9 Å². The summed E-state index contributed by atoms with van der Waals surface area (Å²) in [6.45, 7) is 4.90. The third-order valence-electron chi connectivity index (χ3n) is 3.14. The Balaban J connectivity index is 2.45. The lowest BCUT2D eigenvalue weighted by Crippen LogP contribution is -2.17. The van der Waals surface area contributed by atoms with Crippen LogP contribution < -0.4 is 5.73 Å². The van der Waals surface area contributed by atoms with Gasteiger partial charge in [-0.15, -0.1) is 0 Å². The van der Waals surface area contributed by atoms with Crippen molar-refractivity contribution in [1.82, 2.24) is 9.78 Å². The van der Waals surface area contributed by atoms with E-state index in [2.05, 4.69) is 12.0 Å². The lowest BCUT2D eigenvalue weighted by Gasteiger charge is -2.15. The van der Waals surface area contributed by atoms with Crippen molar-refractivity contribution in [2.75, 3.05) is 0 Å². The Bertz CT molecular complexity index is 578. The van der Waals surface area contributed by atoms with Crippen molar-refractivity contribution in [2.45, 2.75) is 32.9 Å². The lowest BCUT2D eigenvalue weighted by atomic mass is 10.0. The highest BCUT2D eigenvalue weighted by Gasteiger charge is 2.18. The topological polar surface area (TPSA) is 43.8 Å². The van der Waals surface area contributed by atoms with Gasteiger partial charge >= 0.3 is 0 Å². The molecule has 2 aromatic rings. The van der Waals surface area contributed by atoms with Gasteiger partial charge in [0.15, 0.2) is 0 Å². The summed E-state index contributed by atoms with van der Waals surface area (Å²) in [7, 11) is 0. The lowest BCUT2D eigenvalue weighted by molar-refractivity contribution is 0.595. The summed E-state index contributed by atoms with van der Waals surface area (Å²) in [5.74, 6) is 0. The van der Waals surface area contributed by atoms with Gasteiger partial charge in [0.05, 0.1) is 17.4 Å². The summed E-state index contributed by atoms with van der Waals surface area (Å²) < 4.78 is 1.92. The first-order valence-electron chi connectivity index (χ1n) is 6.34. The monoisotopic (exact) mass is 297 g/mol. The van der Waals surface area contributed by atoms with Crippen LogP contribution in [0.3, 0.4) is 0 Å². The van der Waals surface area contributed by atoms with Crippen LogP contribution in [0, 0.1) is 0 Å². The first-order valence-corrected chi connectivity index (χ1v) is 7.09. The molecule has 0 aliphatic rings. The zero-order chi connectivity index (χ0) is 14.0. The first kappa shape index (κ1) is 14.4. The van der Waals surface area contributed by atoms with E-state index in [1.165, 1.54) is 0 Å². The molecule has 1 heterocycles. The maximum absolute atomic E-state index is 6.33. The van der Waals surface area contributed by atoms with Gasteiger partial charge in [0.2, 0.25) is 0 Å². The fraction of sp³-hybridized carbons (Fsp3) is 0.357. The molecule has 0 saturated heterocycles. The minimum atomic E-state index is -0.320. The number of nitrogens with zero attached hydrogens (tertiary/aromatic N) is 2. The van der Waals surface area contributed by atoms with Crippen LogP contribution >= 0.6 is 23.2 Å². The molecular formula is C14H17Cl2N3. The molecule has 0 saturated carbocycles. The third kappa shape index (κ3) is 2.94. The molecule has 2 rings (SSSR count). The number of hydrogen-bond acceptors (Lipinski definition) is 2. The summed E-state index contributed by atoms with van der Waals surface area (Å²) in [6.07, 6.45) is 0.885. The van der Waals surface area contributed by atoms with Gasteiger partial charge in [-0.1, -0.05) is 30.1 Å². The van der Waals surface area contributed by atoms with Crippen molar-refractivity contribution in [2.24, 2.45) is 5.73 Å². The second-order valence-corrected chi connectivity index (χ2v) is 5.22. The van der Waals surface area contributed by atoms with Crippen LogP contribution in [-0.4, -0.2) is 9.78 Å². The van der Waals surface area contributed by atoms with E-state index in [-0.39, 0.29) is 6.04 Å². The molecule has 0 aliphatic carbocycles. The summed E-state index contributed by atoms with van der Waals surface area (Å²) in [5.41, 5.74) is 9.15. The molecule has 1 aromatic heterocycles. The van der Waals surface area contributed by atoms with Crippen LogP contribution in [0.2, 0.25) is 10.0 Å². The molecule has 1 aromatic carbocycles. The molecule has 5 heteroatoms. The van der Waals surface area contributed by atoms with E-state index in [9.17, 15) is 0 Å². The Kier molecular flexibility index (Phi) is 4.50. The van der Waals surface area contributed by atoms with Gasteiger partial charge in [-0.05, 0) is 43.2 Å². The number of nitrogens with two attached hydrogens (primary N) is 1. The number of hydrogen-bond donors (Lipinski definition) is 1. The van der Waals surface area contributed by atoms with Crippen LogP contribution in [0.5, 0.6) is 0 Å². The van der Waals surface area contributed by atoms with Crippen molar-refractivity contribution >= 4 is 23.2 Å². The predicted octanol–water partition coefficient (Wildman–Crippen LogP) is 3.82. The highest BCUT2D eigenvalue weighted by atomic mass is 35.5. The highest BCUT2D eigenvalue weighted by molar-refractivity contribution is 6.33. The Morgan fingerprint density at radius 3 is 2.63 bits per heavy atom. The first-order chi connectivity index (χ1) is 9.06. The van der Waals surface area contributed by atoms with Crippen LogP contribution in [0.15, 0.2) is 24.3 Å². The van der Waals surface area contributed by atoms with Crippen LogP contribution in [0.25, 0.3) is 0 Å². The van der Waals surface area contributed by atoms with Crippen molar-refractivity contribution in [3.05, 3.63) is 51.3 Å². The second kappa shape index (κ2) is 5.95. The molecule has 1 atom stereocenters. The van der Waals surface area contributed by atoms with Crippen LogP contribution in [0.1, 0.15) is 36.8 Å². The number of halogens is 2. The van der Waals surface area contributed by atoms with Crippen molar-refractivity contribution in [1.29, 1.82) is 0 Å². The molecule has 0 fully saturated rings. The SMILES string of the molecule is CCc1cc(C(N)c2cc(Cl)ccc2Cl)n(CC)n1. The fourth-order valence-electron chi connectivity index (χ4n) is 2.08. The zero-order valence-electron chi connectivity index (χ0n) is 11.0. The van der Waals surface area contributed by atoms with E-state index in [0.29, 0.717) is 10.0 Å². The smallest absolute Gasteiger partial charge is 0.0738 e. The van der Waals surface area contributed by atoms with E-state index >= 15 is 0 Å². The second-order valence-electron chi connectivity index (χ2n) is 4.37. The molecule has 3 nitrogen and oxygen atoms in total. The molecule has 0 bridgehead atoms. The molecule has 0 aliphatic heterocycles. The molecule has 2 N–H and O–H groups in total. The Labute approximate surface area is 123 Å². The molecular weight excluding hydrogens is 281 g/mol. The molecule has 1 unspecified atom stereocenters. The summed E-state index contributed by atoms with van der Waals surface area (Å²) in [4.78, 5) is 0. The van der Waals surface area contributed by atoms with Gasteiger partial charge in [0.1, 0.15) is 0 Å². The number of aromatic nitrogens is 2. The number of rotatable bonds is 4. The average Bonchev–Trinajstić information content (AvgIpc) is 2.84. The number of benzene rings is 1. The van der Waals surface area contributed by atoms with Gasteiger partial charge < -0.3 is 5.73 Å². The minimum absolute atomic E-state index is 0.320. The maximum Gasteiger partial charge on any atom is 0.0738 e. The number of aryl methyl sites for hydroxylation is 2. The van der Waals surface area contributed by atoms with Gasteiger partial charge in [0.25, 0.3) is 0 Å². The highest BCUT2D eigenvalue weighted by Crippen LogP contribution is 2.29. The molecule has 0 radical (unpaired) electrons. The average molecular weight is 298 g/mol. The van der Waals surface area contributed by atoms with Gasteiger partial charge in [-0.25, -0.2) is 0 Å². The molecule has 19 heavy (non-hydrogen) atoms. The largest absolute Gasteiger partial charge is 0.319 e. The predicted molar refractivity (Wildman–Crippen MR) is 79.8 cm³/mol. The van der Waals surface area contributed by atoms with Crippen LogP contribution in [0.4, 0.5) is 0 Å². The normalized spacial score (nSPS) is 12.7. The standard InChI is InChI=1S/C14H17Cl2N3/c1-3-10-8-13(19(4-2)18-10)14(17)11-7-9(15)5-6-12(11)16/h5-8,14H,3-4,17H2,1-2H3. The van der Waals surface area contributed by atoms with Gasteiger partial charge in [0, 0.05) is 16.6 Å². The third-order valence-corrected chi connectivity index (χ3v) is 3.71. The van der Waals surface area contributed by atoms with E-state index in [1.54, 1.807) is 12.1 Å². The fourth-order valence-corrected chi connectivity index (χ4v) is 2.49. The van der Waals surface area contributed by atoms with Crippen LogP contribution in [-0.2, 0) is 13.0 Å². The van der Waals surface area contributed by atoms with Crippen molar-refractivity contribution in [3.8, 4) is 0 Å². The minimum Gasteiger partial charge on any atom is -0.319 e.